The van der Waals surface area contributed by atoms with Gasteiger partial charge in [-0.05, 0) is 31.9 Å². The van der Waals surface area contributed by atoms with Crippen molar-refractivity contribution < 1.29 is 0 Å². The fraction of sp³-hybridized carbons (Fsp3) is 0.667. The van der Waals surface area contributed by atoms with Crippen LogP contribution >= 0.6 is 0 Å². The predicted molar refractivity (Wildman–Crippen MR) is 61.8 cm³/mol. The average Bonchev–Trinajstić information content (AvgIpc) is 2.83. The lowest BCUT2D eigenvalue weighted by Gasteiger charge is -2.36. The van der Waals surface area contributed by atoms with Crippen LogP contribution in [-0.4, -0.2) is 21.9 Å². The second kappa shape index (κ2) is 4.67. The molecule has 0 spiro atoms. The lowest BCUT2D eigenvalue weighted by Crippen LogP contribution is -2.47. The Morgan fingerprint density at radius 1 is 1.69 bits per heavy atom. The highest BCUT2D eigenvalue weighted by Gasteiger charge is 2.36. The summed E-state index contributed by atoms with van der Waals surface area (Å²) < 4.78 is 1.99. The van der Waals surface area contributed by atoms with E-state index in [0.717, 1.165) is 32.2 Å². The molecule has 0 amide bonds. The molecule has 0 saturated heterocycles. The minimum Gasteiger partial charge on any atom is -0.300 e. The third-order valence-corrected chi connectivity index (χ3v) is 3.35. The Morgan fingerprint density at radius 2 is 2.56 bits per heavy atom. The molecule has 1 fully saturated rings. The highest BCUT2D eigenvalue weighted by atomic mass is 15.3. The largest absolute Gasteiger partial charge is 0.300 e. The van der Waals surface area contributed by atoms with Gasteiger partial charge in [-0.1, -0.05) is 6.92 Å². The predicted octanol–water partition coefficient (Wildman–Crippen LogP) is 1.87. The first-order chi connectivity index (χ1) is 7.79. The molecule has 86 valence electrons. The lowest BCUT2D eigenvalue weighted by atomic mass is 9.80. The number of nitrogens with one attached hydrogen (secondary N) is 1. The van der Waals surface area contributed by atoms with Crippen molar-refractivity contribution in [2.45, 2.75) is 44.2 Å². The number of rotatable bonds is 3. The number of nitrogens with zero attached hydrogens (tertiary/aromatic N) is 3. The first-order valence-electron chi connectivity index (χ1n) is 5.95. The van der Waals surface area contributed by atoms with E-state index >= 15 is 0 Å². The zero-order chi connectivity index (χ0) is 11.4. The topological polar surface area (TPSA) is 53.6 Å². The summed E-state index contributed by atoms with van der Waals surface area (Å²) in [5.74, 6) is 0. The van der Waals surface area contributed by atoms with E-state index in [1.807, 2.05) is 16.9 Å². The number of nitriles is 1. The van der Waals surface area contributed by atoms with Crippen LogP contribution in [0.5, 0.6) is 0 Å². The number of hydrogen-bond acceptors (Lipinski definition) is 3. The summed E-state index contributed by atoms with van der Waals surface area (Å²) in [6, 6.07) is 4.76. The molecule has 1 aromatic rings. The Morgan fingerprint density at radius 3 is 3.19 bits per heavy atom. The third kappa shape index (κ3) is 2.10. The lowest BCUT2D eigenvalue weighted by molar-refractivity contribution is 0.223. The second-order valence-electron chi connectivity index (χ2n) is 4.46. The number of aromatic nitrogens is 2. The molecule has 1 aromatic heterocycles. The van der Waals surface area contributed by atoms with Crippen molar-refractivity contribution in [2.75, 3.05) is 6.54 Å². The van der Waals surface area contributed by atoms with Crippen molar-refractivity contribution in [1.29, 1.82) is 5.26 Å². The van der Waals surface area contributed by atoms with Crippen LogP contribution < -0.4 is 5.32 Å². The molecule has 4 heteroatoms. The van der Waals surface area contributed by atoms with Crippen LogP contribution in [0.2, 0.25) is 0 Å². The molecule has 0 radical (unpaired) electrons. The van der Waals surface area contributed by atoms with Crippen LogP contribution in [0.25, 0.3) is 0 Å². The summed E-state index contributed by atoms with van der Waals surface area (Å²) in [5, 5.41) is 17.0. The molecular weight excluding hydrogens is 200 g/mol. The molecule has 2 rings (SSSR count). The smallest absolute Gasteiger partial charge is 0.108 e. The zero-order valence-electron chi connectivity index (χ0n) is 9.69. The fourth-order valence-electron chi connectivity index (χ4n) is 2.61. The standard InChI is InChI=1S/C12H18N4/c1-2-14-12(10-13)6-3-5-11(9-12)16-8-4-7-15-16/h4,7-8,11,14H,2-3,5-6,9H2,1H3. The maximum absolute atomic E-state index is 9.35. The Balaban J connectivity index is 2.12. The van der Waals surface area contributed by atoms with Gasteiger partial charge in [0.2, 0.25) is 0 Å². The van der Waals surface area contributed by atoms with Crippen LogP contribution in [0.15, 0.2) is 18.5 Å². The molecule has 0 bridgehead atoms. The molecule has 0 aromatic carbocycles. The van der Waals surface area contributed by atoms with Gasteiger partial charge in [0.05, 0.1) is 12.1 Å². The van der Waals surface area contributed by atoms with E-state index in [1.54, 1.807) is 6.20 Å². The van der Waals surface area contributed by atoms with E-state index < -0.39 is 0 Å². The van der Waals surface area contributed by atoms with E-state index in [4.69, 9.17) is 0 Å². The Bertz CT molecular complexity index is 361. The zero-order valence-corrected chi connectivity index (χ0v) is 9.69. The highest BCUT2D eigenvalue weighted by molar-refractivity contribution is 5.10. The SMILES string of the molecule is CCNC1(C#N)CCCC(n2cccn2)C1. The minimum atomic E-state index is -0.344. The van der Waals surface area contributed by atoms with E-state index in [-0.39, 0.29) is 5.54 Å². The van der Waals surface area contributed by atoms with Crippen LogP contribution in [0.1, 0.15) is 38.6 Å². The van der Waals surface area contributed by atoms with Gasteiger partial charge in [0.1, 0.15) is 5.54 Å². The van der Waals surface area contributed by atoms with Crippen LogP contribution in [0.4, 0.5) is 0 Å². The van der Waals surface area contributed by atoms with Gasteiger partial charge in [-0.2, -0.15) is 10.4 Å². The molecule has 2 unspecified atom stereocenters. The first-order valence-corrected chi connectivity index (χ1v) is 5.95. The summed E-state index contributed by atoms with van der Waals surface area (Å²) >= 11 is 0. The molecule has 1 heterocycles. The van der Waals surface area contributed by atoms with Crippen molar-refractivity contribution in [1.82, 2.24) is 15.1 Å². The van der Waals surface area contributed by atoms with Gasteiger partial charge in [-0.15, -0.1) is 0 Å². The number of hydrogen-bond donors (Lipinski definition) is 1. The Labute approximate surface area is 96.3 Å². The minimum absolute atomic E-state index is 0.344. The van der Waals surface area contributed by atoms with E-state index in [0.29, 0.717) is 6.04 Å². The molecular formula is C12H18N4. The van der Waals surface area contributed by atoms with E-state index in [9.17, 15) is 5.26 Å². The molecule has 0 aliphatic heterocycles. The van der Waals surface area contributed by atoms with E-state index in [2.05, 4.69) is 23.4 Å². The molecule has 2 atom stereocenters. The quantitative estimate of drug-likeness (QED) is 0.842. The van der Waals surface area contributed by atoms with Crippen molar-refractivity contribution in [2.24, 2.45) is 0 Å². The second-order valence-corrected chi connectivity index (χ2v) is 4.46. The maximum atomic E-state index is 9.35. The van der Waals surface area contributed by atoms with Crippen LogP contribution in [0.3, 0.4) is 0 Å². The van der Waals surface area contributed by atoms with E-state index in [1.165, 1.54) is 0 Å². The van der Waals surface area contributed by atoms with Crippen molar-refractivity contribution in [3.63, 3.8) is 0 Å². The fourth-order valence-corrected chi connectivity index (χ4v) is 2.61. The molecule has 16 heavy (non-hydrogen) atoms. The maximum Gasteiger partial charge on any atom is 0.108 e. The third-order valence-electron chi connectivity index (χ3n) is 3.35. The summed E-state index contributed by atoms with van der Waals surface area (Å²) in [6.45, 7) is 2.90. The summed E-state index contributed by atoms with van der Waals surface area (Å²) in [4.78, 5) is 0. The van der Waals surface area contributed by atoms with Gasteiger partial charge >= 0.3 is 0 Å². The molecule has 1 N–H and O–H groups in total. The first kappa shape index (κ1) is 11.2. The van der Waals surface area contributed by atoms with Crippen molar-refractivity contribution in [3.8, 4) is 6.07 Å². The molecule has 1 saturated carbocycles. The molecule has 1 aliphatic carbocycles. The monoisotopic (exact) mass is 218 g/mol. The van der Waals surface area contributed by atoms with Gasteiger partial charge in [0, 0.05) is 18.8 Å². The average molecular weight is 218 g/mol. The van der Waals surface area contributed by atoms with Gasteiger partial charge < -0.3 is 0 Å². The van der Waals surface area contributed by atoms with Crippen LogP contribution in [0, 0.1) is 11.3 Å². The van der Waals surface area contributed by atoms with Gasteiger partial charge in [-0.3, -0.25) is 10.00 Å². The van der Waals surface area contributed by atoms with Gasteiger partial charge in [-0.25, -0.2) is 0 Å². The van der Waals surface area contributed by atoms with Gasteiger partial charge in [0.25, 0.3) is 0 Å². The van der Waals surface area contributed by atoms with Gasteiger partial charge in [0.15, 0.2) is 0 Å². The normalized spacial score (nSPS) is 29.9. The van der Waals surface area contributed by atoms with Crippen molar-refractivity contribution >= 4 is 0 Å². The summed E-state index contributed by atoms with van der Waals surface area (Å²) in [5.41, 5.74) is -0.344. The Hall–Kier alpha value is -1.34. The molecule has 4 nitrogen and oxygen atoms in total. The Kier molecular flexibility index (Phi) is 3.25. The summed E-state index contributed by atoms with van der Waals surface area (Å²) in [7, 11) is 0. The van der Waals surface area contributed by atoms with Crippen molar-refractivity contribution in [3.05, 3.63) is 18.5 Å². The molecule has 1 aliphatic rings. The summed E-state index contributed by atoms with van der Waals surface area (Å²) in [6.07, 6.45) is 7.82. The van der Waals surface area contributed by atoms with Crippen LogP contribution in [-0.2, 0) is 0 Å². The highest BCUT2D eigenvalue weighted by Crippen LogP contribution is 2.34.